The predicted molar refractivity (Wildman–Crippen MR) is 61.8 cm³/mol. The molecule has 0 aromatic carbocycles. The van der Waals surface area contributed by atoms with E-state index in [0.717, 1.165) is 0 Å². The van der Waals surface area contributed by atoms with Crippen molar-refractivity contribution in [3.05, 3.63) is 0 Å². The van der Waals surface area contributed by atoms with E-state index >= 15 is 0 Å². The van der Waals surface area contributed by atoms with Crippen LogP contribution in [0.25, 0.3) is 0 Å². The highest BCUT2D eigenvalue weighted by Crippen LogP contribution is 2.32. The van der Waals surface area contributed by atoms with Crippen LogP contribution in [0.15, 0.2) is 0 Å². The summed E-state index contributed by atoms with van der Waals surface area (Å²) in [7, 11) is 0. The van der Waals surface area contributed by atoms with E-state index in [-0.39, 0.29) is 31.1 Å². The van der Waals surface area contributed by atoms with Gasteiger partial charge in [-0.3, -0.25) is 4.79 Å². The fourth-order valence-corrected chi connectivity index (χ4v) is 2.42. The first kappa shape index (κ1) is 13.1. The first-order valence-electron chi connectivity index (χ1n) is 5.72. The first-order chi connectivity index (χ1) is 7.88. The van der Waals surface area contributed by atoms with Crippen molar-refractivity contribution >= 4 is 17.5 Å². The molecule has 0 bridgehead atoms. The molecule has 5 nitrogen and oxygen atoms in total. The van der Waals surface area contributed by atoms with Crippen LogP contribution in [0, 0.1) is 0 Å². The number of likely N-dealkylation sites (tertiary alicyclic amines) is 1. The topological polar surface area (TPSA) is 59.0 Å². The number of aliphatic hydroxyl groups is 1. The number of nitrogens with zero attached hydrogens (tertiary/aromatic N) is 1. The van der Waals surface area contributed by atoms with Crippen molar-refractivity contribution in [3.8, 4) is 0 Å². The maximum atomic E-state index is 11.8. The summed E-state index contributed by atoms with van der Waals surface area (Å²) in [6, 6.07) is 0. The zero-order valence-electron chi connectivity index (χ0n) is 10.1. The minimum atomic E-state index is -0.782. The fourth-order valence-electron chi connectivity index (χ4n) is 2.15. The summed E-state index contributed by atoms with van der Waals surface area (Å²) in [6.07, 6.45) is 0.312. The Morgan fingerprint density at radius 3 is 2.47 bits per heavy atom. The highest BCUT2D eigenvalue weighted by molar-refractivity contribution is 6.22. The van der Waals surface area contributed by atoms with Gasteiger partial charge in [-0.2, -0.15) is 0 Å². The Balaban J connectivity index is 2.13. The van der Waals surface area contributed by atoms with Gasteiger partial charge in [0.25, 0.3) is 0 Å². The van der Waals surface area contributed by atoms with Crippen molar-refractivity contribution < 1.29 is 19.4 Å². The molecule has 1 amide bonds. The molecule has 6 heteroatoms. The van der Waals surface area contributed by atoms with Crippen LogP contribution in [-0.2, 0) is 14.3 Å². The standard InChI is InChI=1S/C11H18ClNO4/c1-10(2)16-6-11(5-14,7-17-10)13-4-8(12)3-9(13)15/h8,14H,3-7H2,1-2H3. The molecule has 1 N–H and O–H groups in total. The van der Waals surface area contributed by atoms with E-state index in [1.54, 1.807) is 4.90 Å². The summed E-state index contributed by atoms with van der Waals surface area (Å²) in [5.41, 5.74) is -0.782. The molecule has 1 atom stereocenters. The highest BCUT2D eigenvalue weighted by Gasteiger charge is 2.48. The van der Waals surface area contributed by atoms with Gasteiger partial charge in [0.05, 0.1) is 25.2 Å². The van der Waals surface area contributed by atoms with E-state index in [1.165, 1.54) is 0 Å². The van der Waals surface area contributed by atoms with Crippen LogP contribution in [0.3, 0.4) is 0 Å². The average Bonchev–Trinajstić information content (AvgIpc) is 2.60. The van der Waals surface area contributed by atoms with Gasteiger partial charge in [0.1, 0.15) is 5.54 Å². The van der Waals surface area contributed by atoms with Crippen molar-refractivity contribution in [2.24, 2.45) is 0 Å². The molecular weight excluding hydrogens is 246 g/mol. The van der Waals surface area contributed by atoms with Gasteiger partial charge < -0.3 is 19.5 Å². The van der Waals surface area contributed by atoms with Crippen LogP contribution in [0.4, 0.5) is 0 Å². The van der Waals surface area contributed by atoms with Crippen molar-refractivity contribution in [3.63, 3.8) is 0 Å². The minimum absolute atomic E-state index is 0.0500. The maximum Gasteiger partial charge on any atom is 0.224 e. The predicted octanol–water partition coefficient (Wildman–Crippen LogP) is 0.340. The van der Waals surface area contributed by atoms with E-state index in [0.29, 0.717) is 13.0 Å². The summed E-state index contributed by atoms with van der Waals surface area (Å²) in [6.45, 7) is 4.42. The maximum absolute atomic E-state index is 11.8. The normalized spacial score (nSPS) is 31.9. The van der Waals surface area contributed by atoms with E-state index < -0.39 is 11.3 Å². The Labute approximate surface area is 106 Å². The molecule has 2 saturated heterocycles. The monoisotopic (exact) mass is 263 g/mol. The van der Waals surface area contributed by atoms with Crippen LogP contribution in [0.5, 0.6) is 0 Å². The zero-order valence-corrected chi connectivity index (χ0v) is 10.9. The lowest BCUT2D eigenvalue weighted by atomic mass is 9.99. The summed E-state index contributed by atoms with van der Waals surface area (Å²) in [4.78, 5) is 13.4. The molecule has 2 heterocycles. The second-order valence-electron chi connectivity index (χ2n) is 5.17. The lowest BCUT2D eigenvalue weighted by Crippen LogP contribution is -2.63. The van der Waals surface area contributed by atoms with Crippen LogP contribution >= 0.6 is 11.6 Å². The van der Waals surface area contributed by atoms with Crippen molar-refractivity contribution in [1.29, 1.82) is 0 Å². The Hall–Kier alpha value is -0.360. The summed E-state index contributed by atoms with van der Waals surface area (Å²) in [5.74, 6) is -0.715. The van der Waals surface area contributed by atoms with Gasteiger partial charge >= 0.3 is 0 Å². The molecule has 2 aliphatic heterocycles. The molecule has 2 rings (SSSR count). The average molecular weight is 264 g/mol. The molecular formula is C11H18ClNO4. The van der Waals surface area contributed by atoms with Gasteiger partial charge in [-0.1, -0.05) is 0 Å². The number of alkyl halides is 1. The third-order valence-electron chi connectivity index (χ3n) is 3.32. The van der Waals surface area contributed by atoms with E-state index in [4.69, 9.17) is 21.1 Å². The highest BCUT2D eigenvalue weighted by atomic mass is 35.5. The molecule has 98 valence electrons. The second-order valence-corrected chi connectivity index (χ2v) is 5.78. The van der Waals surface area contributed by atoms with Crippen LogP contribution in [0.1, 0.15) is 20.3 Å². The number of carbonyl (C=O) groups is 1. The smallest absolute Gasteiger partial charge is 0.224 e. The van der Waals surface area contributed by atoms with Crippen molar-refractivity contribution in [2.75, 3.05) is 26.4 Å². The number of hydrogen-bond acceptors (Lipinski definition) is 4. The summed E-state index contributed by atoms with van der Waals surface area (Å²) < 4.78 is 11.1. The number of hydrogen-bond donors (Lipinski definition) is 1. The molecule has 1 unspecified atom stereocenters. The van der Waals surface area contributed by atoms with Gasteiger partial charge in [-0.15, -0.1) is 11.6 Å². The molecule has 2 aliphatic rings. The van der Waals surface area contributed by atoms with Crippen LogP contribution < -0.4 is 0 Å². The minimum Gasteiger partial charge on any atom is -0.394 e. The molecule has 0 aromatic rings. The number of aliphatic hydroxyl groups excluding tert-OH is 1. The molecule has 2 fully saturated rings. The Bertz CT molecular complexity index is 311. The van der Waals surface area contributed by atoms with Gasteiger partial charge in [0.2, 0.25) is 5.91 Å². The quantitative estimate of drug-likeness (QED) is 0.730. The largest absolute Gasteiger partial charge is 0.394 e. The summed E-state index contributed by atoms with van der Waals surface area (Å²) >= 11 is 5.97. The van der Waals surface area contributed by atoms with E-state index in [2.05, 4.69) is 0 Å². The number of halogens is 1. The van der Waals surface area contributed by atoms with Gasteiger partial charge in [0, 0.05) is 13.0 Å². The third-order valence-corrected chi connectivity index (χ3v) is 3.61. The number of rotatable bonds is 2. The Kier molecular flexibility index (Phi) is 3.38. The van der Waals surface area contributed by atoms with Gasteiger partial charge in [0.15, 0.2) is 5.79 Å². The first-order valence-corrected chi connectivity index (χ1v) is 6.15. The second kappa shape index (κ2) is 4.39. The molecule has 0 aliphatic carbocycles. The third kappa shape index (κ3) is 2.42. The molecule has 0 spiro atoms. The lowest BCUT2D eigenvalue weighted by Gasteiger charge is -2.47. The lowest BCUT2D eigenvalue weighted by molar-refractivity contribution is -0.288. The fraction of sp³-hybridized carbons (Fsp3) is 0.909. The SMILES string of the molecule is CC1(C)OCC(CO)(N2CC(Cl)CC2=O)CO1. The van der Waals surface area contributed by atoms with E-state index in [1.807, 2.05) is 13.8 Å². The molecule has 0 aromatic heterocycles. The summed E-state index contributed by atoms with van der Waals surface area (Å²) in [5, 5.41) is 9.39. The van der Waals surface area contributed by atoms with E-state index in [9.17, 15) is 9.90 Å². The molecule has 0 radical (unpaired) electrons. The Morgan fingerprint density at radius 1 is 1.47 bits per heavy atom. The van der Waals surface area contributed by atoms with Crippen molar-refractivity contribution in [1.82, 2.24) is 4.90 Å². The molecule has 0 saturated carbocycles. The number of amides is 1. The van der Waals surface area contributed by atoms with Crippen LogP contribution in [0.2, 0.25) is 0 Å². The number of ether oxygens (including phenoxy) is 2. The van der Waals surface area contributed by atoms with Gasteiger partial charge in [-0.05, 0) is 13.8 Å². The van der Waals surface area contributed by atoms with Crippen molar-refractivity contribution in [2.45, 2.75) is 37.0 Å². The number of carbonyl (C=O) groups excluding carboxylic acids is 1. The Morgan fingerprint density at radius 2 is 2.06 bits per heavy atom. The zero-order chi connectivity index (χ0) is 12.7. The van der Waals surface area contributed by atoms with Crippen LogP contribution in [-0.4, -0.2) is 59.0 Å². The molecule has 17 heavy (non-hydrogen) atoms. The van der Waals surface area contributed by atoms with Gasteiger partial charge in [-0.25, -0.2) is 0 Å².